The van der Waals surface area contributed by atoms with Gasteiger partial charge in [0.1, 0.15) is 18.1 Å². The van der Waals surface area contributed by atoms with Crippen LogP contribution in [0.3, 0.4) is 0 Å². The molecule has 33 heavy (non-hydrogen) atoms. The summed E-state index contributed by atoms with van der Waals surface area (Å²) in [6.07, 6.45) is 2.03. The number of aromatic hydroxyl groups is 1. The Morgan fingerprint density at radius 1 is 1.06 bits per heavy atom. The molecular formula is C25H24N4O4. The lowest BCUT2D eigenvalue weighted by molar-refractivity contribution is -0.121. The molecule has 0 radical (unpaired) electrons. The maximum absolute atomic E-state index is 12.6. The Hall–Kier alpha value is -4.33. The number of phenolic OH excluding ortho intramolecular Hbond substituents is 1. The highest BCUT2D eigenvalue weighted by Gasteiger charge is 2.15. The second-order valence-electron chi connectivity index (χ2n) is 7.35. The van der Waals surface area contributed by atoms with E-state index in [2.05, 4.69) is 10.5 Å². The van der Waals surface area contributed by atoms with Crippen molar-refractivity contribution in [3.8, 4) is 17.2 Å². The highest BCUT2D eigenvalue weighted by atomic mass is 16.5. The van der Waals surface area contributed by atoms with Crippen LogP contribution in [0, 0.1) is 0 Å². The van der Waals surface area contributed by atoms with Crippen LogP contribution in [0.4, 0.5) is 0 Å². The summed E-state index contributed by atoms with van der Waals surface area (Å²) in [4.78, 5) is 17.4. The van der Waals surface area contributed by atoms with Gasteiger partial charge in [-0.2, -0.15) is 5.10 Å². The van der Waals surface area contributed by atoms with Crippen molar-refractivity contribution in [1.82, 2.24) is 15.0 Å². The van der Waals surface area contributed by atoms with Gasteiger partial charge < -0.3 is 19.1 Å². The second-order valence-corrected chi connectivity index (χ2v) is 7.35. The molecule has 1 amide bonds. The van der Waals surface area contributed by atoms with E-state index in [0.717, 1.165) is 28.0 Å². The van der Waals surface area contributed by atoms with Gasteiger partial charge in [-0.1, -0.05) is 18.2 Å². The van der Waals surface area contributed by atoms with Gasteiger partial charge in [0.2, 0.25) is 0 Å². The minimum Gasteiger partial charge on any atom is -0.508 e. The first kappa shape index (κ1) is 21.9. The molecule has 0 unspecified atom stereocenters. The maximum Gasteiger partial charge on any atom is 0.260 e. The Balaban J connectivity index is 1.55. The van der Waals surface area contributed by atoms with Gasteiger partial charge in [-0.3, -0.25) is 4.79 Å². The molecule has 4 rings (SSSR count). The Kier molecular flexibility index (Phi) is 6.54. The number of aromatic nitrogens is 2. The molecule has 0 fully saturated rings. The number of carbonyl (C=O) groups excluding carboxylic acids is 1. The predicted molar refractivity (Wildman–Crippen MR) is 126 cm³/mol. The normalized spacial score (nSPS) is 11.1. The molecule has 0 aliphatic rings. The fourth-order valence-corrected chi connectivity index (χ4v) is 3.53. The Morgan fingerprint density at radius 2 is 1.82 bits per heavy atom. The molecule has 0 bridgehead atoms. The lowest BCUT2D eigenvalue weighted by atomic mass is 10.1. The highest BCUT2D eigenvalue weighted by Crippen LogP contribution is 2.29. The molecule has 0 spiro atoms. The van der Waals surface area contributed by atoms with E-state index in [1.807, 2.05) is 47.0 Å². The molecule has 4 aromatic rings. The third-order valence-corrected chi connectivity index (χ3v) is 5.14. The molecule has 0 aliphatic heterocycles. The van der Waals surface area contributed by atoms with E-state index in [4.69, 9.17) is 14.5 Å². The standard InChI is InChI=1S/C25H24N4O4/c1-32-22-12-9-18(13-23(22)33-2)14-24-27-20-5-3-4-6-21(20)29(24)16-25(31)28-26-15-17-7-10-19(30)11-8-17/h3-13,15,30H,14,16H2,1-2H3,(H,28,31)/b26-15-. The van der Waals surface area contributed by atoms with Crippen molar-refractivity contribution in [2.24, 2.45) is 5.10 Å². The van der Waals surface area contributed by atoms with Crippen LogP contribution in [0.15, 0.2) is 71.8 Å². The number of imidazole rings is 1. The third kappa shape index (κ3) is 5.12. The number of hydrogen-bond donors (Lipinski definition) is 2. The molecule has 1 heterocycles. The largest absolute Gasteiger partial charge is 0.508 e. The summed E-state index contributed by atoms with van der Waals surface area (Å²) in [5.74, 6) is 1.94. The molecule has 0 saturated heterocycles. The fraction of sp³-hybridized carbons (Fsp3) is 0.160. The minimum absolute atomic E-state index is 0.0655. The van der Waals surface area contributed by atoms with E-state index in [1.54, 1.807) is 38.5 Å². The van der Waals surface area contributed by atoms with Gasteiger partial charge in [0.05, 0.1) is 31.5 Å². The van der Waals surface area contributed by atoms with E-state index in [1.165, 1.54) is 6.21 Å². The highest BCUT2D eigenvalue weighted by molar-refractivity contribution is 5.84. The van der Waals surface area contributed by atoms with Crippen molar-refractivity contribution in [3.05, 3.63) is 83.7 Å². The number of ether oxygens (including phenoxy) is 2. The Bertz CT molecular complexity index is 1300. The molecule has 0 atom stereocenters. The van der Waals surface area contributed by atoms with Crippen LogP contribution in [0.2, 0.25) is 0 Å². The average Bonchev–Trinajstić information content (AvgIpc) is 3.17. The zero-order chi connectivity index (χ0) is 23.2. The zero-order valence-corrected chi connectivity index (χ0v) is 18.4. The number of benzene rings is 3. The summed E-state index contributed by atoms with van der Waals surface area (Å²) in [5.41, 5.74) is 5.98. The number of nitrogens with one attached hydrogen (secondary N) is 1. The number of amides is 1. The van der Waals surface area contributed by atoms with Crippen molar-refractivity contribution in [2.45, 2.75) is 13.0 Å². The summed E-state index contributed by atoms with van der Waals surface area (Å²) in [6.45, 7) is 0.0655. The Labute approximate surface area is 191 Å². The van der Waals surface area contributed by atoms with Crippen LogP contribution < -0.4 is 14.9 Å². The molecular weight excluding hydrogens is 420 g/mol. The summed E-state index contributed by atoms with van der Waals surface area (Å²) in [5, 5.41) is 13.4. The monoisotopic (exact) mass is 444 g/mol. The van der Waals surface area contributed by atoms with Crippen molar-refractivity contribution in [2.75, 3.05) is 14.2 Å². The van der Waals surface area contributed by atoms with Crippen molar-refractivity contribution >= 4 is 23.2 Å². The van der Waals surface area contributed by atoms with Gasteiger partial charge in [-0.25, -0.2) is 10.4 Å². The van der Waals surface area contributed by atoms with Crippen LogP contribution >= 0.6 is 0 Å². The van der Waals surface area contributed by atoms with E-state index >= 15 is 0 Å². The predicted octanol–water partition coefficient (Wildman–Crippen LogP) is 3.50. The van der Waals surface area contributed by atoms with Crippen molar-refractivity contribution in [1.29, 1.82) is 0 Å². The lowest BCUT2D eigenvalue weighted by Crippen LogP contribution is -2.24. The number of rotatable bonds is 8. The van der Waals surface area contributed by atoms with E-state index in [0.29, 0.717) is 17.9 Å². The molecule has 1 aromatic heterocycles. The first-order chi connectivity index (χ1) is 16.1. The fourth-order valence-electron chi connectivity index (χ4n) is 3.53. The van der Waals surface area contributed by atoms with E-state index in [9.17, 15) is 9.90 Å². The van der Waals surface area contributed by atoms with Gasteiger partial charge in [-0.15, -0.1) is 0 Å². The molecule has 2 N–H and O–H groups in total. The third-order valence-electron chi connectivity index (χ3n) is 5.14. The smallest absolute Gasteiger partial charge is 0.260 e. The molecule has 8 heteroatoms. The van der Waals surface area contributed by atoms with Crippen molar-refractivity contribution < 1.29 is 19.4 Å². The van der Waals surface area contributed by atoms with Gasteiger partial charge in [0.25, 0.3) is 5.91 Å². The van der Waals surface area contributed by atoms with Gasteiger partial charge in [0, 0.05) is 6.42 Å². The summed E-state index contributed by atoms with van der Waals surface area (Å²) < 4.78 is 12.6. The van der Waals surface area contributed by atoms with Crippen LogP contribution in [0.25, 0.3) is 11.0 Å². The van der Waals surface area contributed by atoms with Crippen LogP contribution in [-0.4, -0.2) is 41.0 Å². The van der Waals surface area contributed by atoms with Gasteiger partial charge in [-0.05, 0) is 59.7 Å². The van der Waals surface area contributed by atoms with E-state index in [-0.39, 0.29) is 18.2 Å². The number of para-hydroxylation sites is 2. The Morgan fingerprint density at radius 3 is 2.58 bits per heavy atom. The summed E-state index contributed by atoms with van der Waals surface area (Å²) in [6, 6.07) is 19.9. The first-order valence-electron chi connectivity index (χ1n) is 10.3. The van der Waals surface area contributed by atoms with E-state index < -0.39 is 0 Å². The number of phenols is 1. The number of hydrogen-bond acceptors (Lipinski definition) is 6. The minimum atomic E-state index is -0.276. The second kappa shape index (κ2) is 9.86. The maximum atomic E-state index is 12.6. The zero-order valence-electron chi connectivity index (χ0n) is 18.4. The van der Waals surface area contributed by atoms with Gasteiger partial charge >= 0.3 is 0 Å². The van der Waals surface area contributed by atoms with Crippen LogP contribution in [-0.2, 0) is 17.8 Å². The number of hydrazone groups is 1. The van der Waals surface area contributed by atoms with Crippen molar-refractivity contribution in [3.63, 3.8) is 0 Å². The number of carbonyl (C=O) groups is 1. The number of methoxy groups -OCH3 is 2. The lowest BCUT2D eigenvalue weighted by Gasteiger charge is -2.11. The molecule has 8 nitrogen and oxygen atoms in total. The molecule has 3 aromatic carbocycles. The molecule has 168 valence electrons. The first-order valence-corrected chi connectivity index (χ1v) is 10.3. The van der Waals surface area contributed by atoms with Crippen LogP contribution in [0.5, 0.6) is 17.2 Å². The summed E-state index contributed by atoms with van der Waals surface area (Å²) >= 11 is 0. The average molecular weight is 444 g/mol. The summed E-state index contributed by atoms with van der Waals surface area (Å²) in [7, 11) is 3.19. The number of nitrogens with zero attached hydrogens (tertiary/aromatic N) is 3. The topological polar surface area (TPSA) is 98.0 Å². The quantitative estimate of drug-likeness (QED) is 0.320. The SMILES string of the molecule is COc1ccc(Cc2nc3ccccc3n2CC(=O)N/N=C\c2ccc(O)cc2)cc1OC. The molecule has 0 saturated carbocycles. The number of fused-ring (bicyclic) bond motifs is 1. The van der Waals surface area contributed by atoms with Crippen LogP contribution in [0.1, 0.15) is 17.0 Å². The van der Waals surface area contributed by atoms with Gasteiger partial charge in [0.15, 0.2) is 11.5 Å². The molecule has 0 aliphatic carbocycles.